The van der Waals surface area contributed by atoms with Crippen LogP contribution in [0.15, 0.2) is 65.3 Å². The molecule has 1 aliphatic heterocycles. The molecule has 1 amide bonds. The Hall–Kier alpha value is -3.67. The van der Waals surface area contributed by atoms with Gasteiger partial charge in [-0.1, -0.05) is 41.0 Å². The molecule has 2 aromatic carbocycles. The fourth-order valence-electron chi connectivity index (χ4n) is 4.19. The maximum Gasteiger partial charge on any atom is 0.260 e. The first kappa shape index (κ1) is 26.9. The highest BCUT2D eigenvalue weighted by Gasteiger charge is 2.30. The van der Waals surface area contributed by atoms with E-state index in [-0.39, 0.29) is 11.7 Å². The van der Waals surface area contributed by atoms with E-state index in [0.717, 1.165) is 25.7 Å². The second-order valence-electron chi connectivity index (χ2n) is 9.42. The molecule has 0 aromatic heterocycles. The van der Waals surface area contributed by atoms with Gasteiger partial charge in [-0.15, -0.1) is 0 Å². The molecular weight excluding hydrogens is 452 g/mol. The zero-order valence-electron chi connectivity index (χ0n) is 22.3. The molecule has 0 spiro atoms. The maximum absolute atomic E-state index is 13.7. The Balaban J connectivity index is 1.86. The third-order valence-corrected chi connectivity index (χ3v) is 6.31. The lowest BCUT2D eigenvalue weighted by Crippen LogP contribution is -2.30. The van der Waals surface area contributed by atoms with Gasteiger partial charge in [-0.2, -0.15) is 0 Å². The van der Waals surface area contributed by atoms with Crippen LogP contribution in [0.4, 0.5) is 17.1 Å². The van der Waals surface area contributed by atoms with Gasteiger partial charge < -0.3 is 24.8 Å². The van der Waals surface area contributed by atoms with Gasteiger partial charge in [-0.3, -0.25) is 4.79 Å². The SMILES string of the molecule is COc1cc(OC)c2c(c1)N(CC=C(C)CCC=C(C)CCC=C(C)C)C(=O)c1cccc(O)c1N2. The number of benzene rings is 2. The molecule has 0 radical (unpaired) electrons. The number of allylic oxidation sites excluding steroid dienone is 5. The topological polar surface area (TPSA) is 71.0 Å². The number of hydrogen-bond acceptors (Lipinski definition) is 5. The molecule has 36 heavy (non-hydrogen) atoms. The normalized spacial score (nSPS) is 13.4. The second kappa shape index (κ2) is 12.3. The molecule has 192 valence electrons. The molecule has 0 unspecified atom stereocenters. The Morgan fingerprint density at radius 2 is 1.64 bits per heavy atom. The Labute approximate surface area is 214 Å². The van der Waals surface area contributed by atoms with Crippen LogP contribution in [0.1, 0.15) is 63.7 Å². The van der Waals surface area contributed by atoms with Crippen LogP contribution in [-0.2, 0) is 0 Å². The fraction of sp³-hybridized carbons (Fsp3) is 0.367. The summed E-state index contributed by atoms with van der Waals surface area (Å²) in [5.41, 5.74) is 5.96. The molecular formula is C30H38N2O4. The summed E-state index contributed by atoms with van der Waals surface area (Å²) in [5, 5.41) is 13.7. The first-order valence-electron chi connectivity index (χ1n) is 12.4. The van der Waals surface area contributed by atoms with Gasteiger partial charge in [-0.05, 0) is 65.5 Å². The largest absolute Gasteiger partial charge is 0.506 e. The van der Waals surface area contributed by atoms with E-state index in [0.29, 0.717) is 40.7 Å². The number of ether oxygens (including phenoxy) is 2. The van der Waals surface area contributed by atoms with E-state index in [1.807, 2.05) is 6.07 Å². The number of nitrogens with zero attached hydrogens (tertiary/aromatic N) is 1. The Bertz CT molecular complexity index is 1190. The van der Waals surface area contributed by atoms with Crippen molar-refractivity contribution in [1.82, 2.24) is 0 Å². The lowest BCUT2D eigenvalue weighted by atomic mass is 10.1. The lowest BCUT2D eigenvalue weighted by molar-refractivity contribution is 0.0991. The number of amides is 1. The third-order valence-electron chi connectivity index (χ3n) is 6.31. The highest BCUT2D eigenvalue weighted by molar-refractivity contribution is 6.15. The Kier molecular flexibility index (Phi) is 9.23. The molecule has 0 aliphatic carbocycles. The van der Waals surface area contributed by atoms with Crippen LogP contribution in [0.2, 0.25) is 0 Å². The smallest absolute Gasteiger partial charge is 0.260 e. The average Bonchev–Trinajstić information content (AvgIpc) is 2.96. The lowest BCUT2D eigenvalue weighted by Gasteiger charge is -2.23. The molecule has 2 N–H and O–H groups in total. The minimum Gasteiger partial charge on any atom is -0.506 e. The van der Waals surface area contributed by atoms with Gasteiger partial charge in [0.1, 0.15) is 22.9 Å². The standard InChI is InChI=1S/C30H38N2O4/c1-20(2)10-7-11-21(3)12-8-13-22(4)16-17-32-25-18-23(35-5)19-27(36-6)29(25)31-28-24(30(32)34)14-9-15-26(28)33/h9-10,12,14-16,18-19,31,33H,7-8,11,13,17H2,1-6H3. The minimum absolute atomic E-state index is 0.00462. The van der Waals surface area contributed by atoms with Crippen molar-refractivity contribution in [3.63, 3.8) is 0 Å². The van der Waals surface area contributed by atoms with Crippen LogP contribution in [-0.4, -0.2) is 31.8 Å². The highest BCUT2D eigenvalue weighted by Crippen LogP contribution is 2.46. The molecule has 0 saturated carbocycles. The summed E-state index contributed by atoms with van der Waals surface area (Å²) in [7, 11) is 3.15. The number of carbonyl (C=O) groups is 1. The maximum atomic E-state index is 13.7. The summed E-state index contributed by atoms with van der Waals surface area (Å²) >= 11 is 0. The monoisotopic (exact) mass is 490 g/mol. The van der Waals surface area contributed by atoms with Crippen molar-refractivity contribution in [2.45, 2.75) is 53.4 Å². The number of rotatable bonds is 10. The van der Waals surface area contributed by atoms with Crippen LogP contribution in [0.5, 0.6) is 17.2 Å². The van der Waals surface area contributed by atoms with E-state index in [2.05, 4.69) is 51.2 Å². The van der Waals surface area contributed by atoms with Gasteiger partial charge in [0.05, 0.1) is 31.2 Å². The predicted octanol–water partition coefficient (Wildman–Crippen LogP) is 7.53. The van der Waals surface area contributed by atoms with Crippen molar-refractivity contribution >= 4 is 23.0 Å². The number of aromatic hydroxyl groups is 1. The van der Waals surface area contributed by atoms with E-state index in [1.165, 1.54) is 16.7 Å². The number of fused-ring (bicyclic) bond motifs is 2. The summed E-state index contributed by atoms with van der Waals surface area (Å²) in [6, 6.07) is 8.52. The van der Waals surface area contributed by atoms with Crippen LogP contribution in [0, 0.1) is 0 Å². The molecule has 2 aromatic rings. The average molecular weight is 491 g/mol. The molecule has 1 heterocycles. The summed E-state index contributed by atoms with van der Waals surface area (Å²) in [6.45, 7) is 8.92. The molecule has 0 saturated heterocycles. The van der Waals surface area contributed by atoms with Gasteiger partial charge in [0.2, 0.25) is 0 Å². The molecule has 0 atom stereocenters. The number of methoxy groups -OCH3 is 2. The van der Waals surface area contributed by atoms with Crippen molar-refractivity contribution in [3.8, 4) is 17.2 Å². The van der Waals surface area contributed by atoms with Crippen molar-refractivity contribution in [2.75, 3.05) is 31.0 Å². The van der Waals surface area contributed by atoms with Crippen molar-refractivity contribution in [1.29, 1.82) is 0 Å². The number of phenolic OH excluding ortho intramolecular Hbond substituents is 1. The summed E-state index contributed by atoms with van der Waals surface area (Å²) in [6.07, 6.45) is 10.7. The number of anilines is 3. The molecule has 0 fully saturated rings. The van der Waals surface area contributed by atoms with Crippen molar-refractivity contribution in [2.24, 2.45) is 0 Å². The van der Waals surface area contributed by atoms with Gasteiger partial charge in [0, 0.05) is 18.7 Å². The van der Waals surface area contributed by atoms with Crippen LogP contribution >= 0.6 is 0 Å². The first-order valence-corrected chi connectivity index (χ1v) is 12.4. The molecule has 6 heteroatoms. The number of hydrogen-bond donors (Lipinski definition) is 2. The fourth-order valence-corrected chi connectivity index (χ4v) is 4.19. The number of carbonyl (C=O) groups excluding carboxylic acids is 1. The molecule has 1 aliphatic rings. The Morgan fingerprint density at radius 1 is 0.944 bits per heavy atom. The zero-order chi connectivity index (χ0) is 26.2. The van der Waals surface area contributed by atoms with Crippen molar-refractivity contribution < 1.29 is 19.4 Å². The first-order chi connectivity index (χ1) is 17.2. The number of nitrogens with one attached hydrogen (secondary N) is 1. The van der Waals surface area contributed by atoms with E-state index >= 15 is 0 Å². The molecule has 6 nitrogen and oxygen atoms in total. The van der Waals surface area contributed by atoms with E-state index in [1.54, 1.807) is 43.4 Å². The summed E-state index contributed by atoms with van der Waals surface area (Å²) < 4.78 is 11.1. The minimum atomic E-state index is -0.207. The van der Waals surface area contributed by atoms with Crippen LogP contribution in [0.25, 0.3) is 0 Å². The van der Waals surface area contributed by atoms with Crippen LogP contribution in [0.3, 0.4) is 0 Å². The van der Waals surface area contributed by atoms with Gasteiger partial charge in [0.25, 0.3) is 5.91 Å². The van der Waals surface area contributed by atoms with E-state index in [9.17, 15) is 9.90 Å². The third kappa shape index (κ3) is 6.51. The zero-order valence-corrected chi connectivity index (χ0v) is 22.3. The molecule has 0 bridgehead atoms. The van der Waals surface area contributed by atoms with Crippen molar-refractivity contribution in [3.05, 3.63) is 70.8 Å². The predicted molar refractivity (Wildman–Crippen MR) is 148 cm³/mol. The van der Waals surface area contributed by atoms with Gasteiger partial charge in [-0.25, -0.2) is 0 Å². The van der Waals surface area contributed by atoms with E-state index < -0.39 is 0 Å². The summed E-state index contributed by atoms with van der Waals surface area (Å²) in [5.74, 6) is 0.897. The van der Waals surface area contributed by atoms with Gasteiger partial charge >= 0.3 is 0 Å². The number of phenols is 1. The quantitative estimate of drug-likeness (QED) is 0.266. The molecule has 3 rings (SSSR count). The van der Waals surface area contributed by atoms with Crippen LogP contribution < -0.4 is 19.7 Å². The number of para-hydroxylation sites is 1. The second-order valence-corrected chi connectivity index (χ2v) is 9.42. The highest BCUT2D eigenvalue weighted by atomic mass is 16.5. The van der Waals surface area contributed by atoms with Gasteiger partial charge in [0.15, 0.2) is 0 Å². The Morgan fingerprint density at radius 3 is 2.31 bits per heavy atom. The summed E-state index contributed by atoms with van der Waals surface area (Å²) in [4.78, 5) is 15.4. The van der Waals surface area contributed by atoms with E-state index in [4.69, 9.17) is 9.47 Å².